The molecule has 1 aromatic heterocycles. The van der Waals surface area contributed by atoms with Crippen LogP contribution in [0.4, 0.5) is 0 Å². The van der Waals surface area contributed by atoms with Crippen LogP contribution in [0, 0.1) is 0 Å². The molecule has 2 rings (SSSR count). The molecule has 0 saturated heterocycles. The number of H-pyrrole nitrogens is 1. The number of aromatic nitrogens is 2. The molecular weight excluding hydrogens is 255 g/mol. The summed E-state index contributed by atoms with van der Waals surface area (Å²) in [5.74, 6) is 0. The lowest BCUT2D eigenvalue weighted by Gasteiger charge is -1.97. The lowest BCUT2D eigenvalue weighted by molar-refractivity contribution is 1.03. The smallest absolute Gasteiger partial charge is 0.222 e. The highest BCUT2D eigenvalue weighted by Crippen LogP contribution is 2.14. The largest absolute Gasteiger partial charge is 0.286 e. The van der Waals surface area contributed by atoms with Crippen LogP contribution in [0.15, 0.2) is 27.6 Å². The Bertz CT molecular complexity index is 523. The fourth-order valence-corrected chi connectivity index (χ4v) is 1.55. The third-order valence-electron chi connectivity index (χ3n) is 1.69. The number of fused-ring (bicyclic) bond motifs is 1. The topological polar surface area (TPSA) is 45.8 Å². The number of aromatic amines is 1. The molecule has 0 atom stereocenters. The van der Waals surface area contributed by atoms with Gasteiger partial charge in [-0.25, -0.2) is 0 Å². The van der Waals surface area contributed by atoms with Gasteiger partial charge in [0.2, 0.25) is 5.43 Å². The molecule has 0 unspecified atom stereocenters. The maximum atomic E-state index is 11.5. The molecule has 66 valence electrons. The van der Waals surface area contributed by atoms with Gasteiger partial charge < -0.3 is 0 Å². The van der Waals surface area contributed by atoms with Crippen molar-refractivity contribution >= 4 is 38.4 Å². The minimum Gasteiger partial charge on any atom is -0.286 e. The molecule has 13 heavy (non-hydrogen) atoms. The van der Waals surface area contributed by atoms with E-state index < -0.39 is 0 Å². The van der Waals surface area contributed by atoms with Crippen LogP contribution in [-0.2, 0) is 0 Å². The van der Waals surface area contributed by atoms with Crippen molar-refractivity contribution in [3.8, 4) is 0 Å². The van der Waals surface area contributed by atoms with Gasteiger partial charge in [0.1, 0.15) is 0 Å². The minimum atomic E-state index is -0.134. The van der Waals surface area contributed by atoms with Gasteiger partial charge in [-0.1, -0.05) is 11.6 Å². The molecule has 0 aliphatic carbocycles. The maximum Gasteiger partial charge on any atom is 0.222 e. The van der Waals surface area contributed by atoms with E-state index in [1.165, 1.54) is 0 Å². The van der Waals surface area contributed by atoms with Gasteiger partial charge in [-0.3, -0.25) is 9.89 Å². The lowest BCUT2D eigenvalue weighted by Crippen LogP contribution is -2.06. The highest BCUT2D eigenvalue weighted by Gasteiger charge is 2.03. The van der Waals surface area contributed by atoms with Crippen LogP contribution in [0.2, 0.25) is 5.02 Å². The van der Waals surface area contributed by atoms with Crippen LogP contribution in [0.5, 0.6) is 0 Å². The Morgan fingerprint density at radius 3 is 3.00 bits per heavy atom. The summed E-state index contributed by atoms with van der Waals surface area (Å²) < 4.78 is 0.280. The van der Waals surface area contributed by atoms with Crippen molar-refractivity contribution in [3.05, 3.63) is 38.0 Å². The Hall–Kier alpha value is -0.870. The van der Waals surface area contributed by atoms with Crippen molar-refractivity contribution in [1.29, 1.82) is 0 Å². The first-order valence-corrected chi connectivity index (χ1v) is 4.69. The summed E-state index contributed by atoms with van der Waals surface area (Å²) in [7, 11) is 0. The Morgan fingerprint density at radius 1 is 1.46 bits per heavy atom. The Balaban J connectivity index is 2.95. The van der Waals surface area contributed by atoms with E-state index in [4.69, 9.17) is 11.6 Å². The van der Waals surface area contributed by atoms with Crippen molar-refractivity contribution in [2.24, 2.45) is 0 Å². The van der Waals surface area contributed by atoms with Gasteiger partial charge in [0.15, 0.2) is 4.60 Å². The molecule has 0 bridgehead atoms. The minimum absolute atomic E-state index is 0.134. The summed E-state index contributed by atoms with van der Waals surface area (Å²) in [5, 5.41) is 7.64. The number of nitrogens with zero attached hydrogens (tertiary/aromatic N) is 1. The number of hydrogen-bond donors (Lipinski definition) is 1. The van der Waals surface area contributed by atoms with Crippen molar-refractivity contribution in [3.63, 3.8) is 0 Å². The van der Waals surface area contributed by atoms with Gasteiger partial charge >= 0.3 is 0 Å². The summed E-state index contributed by atoms with van der Waals surface area (Å²) in [6.07, 6.45) is 0. The number of halogens is 2. The summed E-state index contributed by atoms with van der Waals surface area (Å²) in [6.45, 7) is 0. The highest BCUT2D eigenvalue weighted by atomic mass is 79.9. The van der Waals surface area contributed by atoms with Crippen LogP contribution < -0.4 is 5.43 Å². The van der Waals surface area contributed by atoms with Gasteiger partial charge in [0.05, 0.1) is 5.52 Å². The molecule has 0 saturated carbocycles. The molecule has 0 amide bonds. The molecular formula is C8H4BrClN2O. The second-order valence-corrected chi connectivity index (χ2v) is 3.72. The van der Waals surface area contributed by atoms with E-state index in [0.29, 0.717) is 15.9 Å². The van der Waals surface area contributed by atoms with Crippen molar-refractivity contribution in [2.45, 2.75) is 0 Å². The molecule has 0 spiro atoms. The predicted octanol–water partition coefficient (Wildman–Crippen LogP) is 2.34. The van der Waals surface area contributed by atoms with Crippen LogP contribution in [0.25, 0.3) is 10.9 Å². The third kappa shape index (κ3) is 1.47. The number of nitrogens with one attached hydrogen (secondary N) is 1. The number of benzene rings is 1. The Kier molecular flexibility index (Phi) is 2.09. The van der Waals surface area contributed by atoms with E-state index >= 15 is 0 Å². The zero-order valence-corrected chi connectivity index (χ0v) is 8.69. The van der Waals surface area contributed by atoms with E-state index in [9.17, 15) is 4.79 Å². The Labute approximate surface area is 86.9 Å². The van der Waals surface area contributed by atoms with E-state index in [0.717, 1.165) is 0 Å². The summed E-state index contributed by atoms with van der Waals surface area (Å²) >= 11 is 8.80. The zero-order chi connectivity index (χ0) is 9.42. The molecule has 1 heterocycles. The van der Waals surface area contributed by atoms with Crippen LogP contribution in [0.3, 0.4) is 0 Å². The van der Waals surface area contributed by atoms with Gasteiger partial charge in [0, 0.05) is 10.4 Å². The second kappa shape index (κ2) is 3.12. The fourth-order valence-electron chi connectivity index (χ4n) is 1.08. The number of hydrogen-bond acceptors (Lipinski definition) is 2. The lowest BCUT2D eigenvalue weighted by atomic mass is 10.2. The standard InChI is InChI=1S/C8H4BrClN2O/c9-8-7(13)5-2-1-4(10)3-6(5)11-12-8/h1-3H,(H,11,13). The second-order valence-electron chi connectivity index (χ2n) is 2.53. The van der Waals surface area contributed by atoms with Crippen molar-refractivity contribution < 1.29 is 0 Å². The highest BCUT2D eigenvalue weighted by molar-refractivity contribution is 9.10. The molecule has 3 nitrogen and oxygen atoms in total. The summed E-state index contributed by atoms with van der Waals surface area (Å²) in [5.41, 5.74) is 0.506. The quantitative estimate of drug-likeness (QED) is 0.789. The molecule has 1 N–H and O–H groups in total. The summed E-state index contributed by atoms with van der Waals surface area (Å²) in [6, 6.07) is 5.01. The van der Waals surface area contributed by atoms with Gasteiger partial charge in [-0.2, -0.15) is 5.10 Å². The van der Waals surface area contributed by atoms with E-state index in [1.807, 2.05) is 0 Å². The fraction of sp³-hybridized carbons (Fsp3) is 0. The van der Waals surface area contributed by atoms with Crippen molar-refractivity contribution in [2.75, 3.05) is 0 Å². The van der Waals surface area contributed by atoms with Crippen LogP contribution in [-0.4, -0.2) is 10.2 Å². The van der Waals surface area contributed by atoms with Crippen LogP contribution in [0.1, 0.15) is 0 Å². The van der Waals surface area contributed by atoms with Gasteiger partial charge in [0.25, 0.3) is 0 Å². The molecule has 5 heteroatoms. The molecule has 2 aromatic rings. The van der Waals surface area contributed by atoms with E-state index in [2.05, 4.69) is 26.1 Å². The normalized spacial score (nSPS) is 10.6. The third-order valence-corrected chi connectivity index (χ3v) is 2.46. The SMILES string of the molecule is O=c1c(Br)n[nH]c2cc(Cl)ccc12. The average molecular weight is 259 g/mol. The van der Waals surface area contributed by atoms with Gasteiger partial charge in [-0.15, -0.1) is 0 Å². The molecule has 0 aliphatic heterocycles. The van der Waals surface area contributed by atoms with Crippen LogP contribution >= 0.6 is 27.5 Å². The first kappa shape index (κ1) is 8.72. The average Bonchev–Trinajstić information content (AvgIpc) is 2.12. The monoisotopic (exact) mass is 258 g/mol. The molecule has 0 radical (unpaired) electrons. The van der Waals surface area contributed by atoms with Gasteiger partial charge in [-0.05, 0) is 34.1 Å². The molecule has 0 aliphatic rings. The first-order valence-electron chi connectivity index (χ1n) is 3.52. The van der Waals surface area contributed by atoms with E-state index in [-0.39, 0.29) is 10.0 Å². The molecule has 1 aromatic carbocycles. The summed E-state index contributed by atoms with van der Waals surface area (Å²) in [4.78, 5) is 11.5. The predicted molar refractivity (Wildman–Crippen MR) is 55.1 cm³/mol. The maximum absolute atomic E-state index is 11.5. The molecule has 0 fully saturated rings. The number of rotatable bonds is 0. The zero-order valence-electron chi connectivity index (χ0n) is 6.34. The Morgan fingerprint density at radius 2 is 2.23 bits per heavy atom. The van der Waals surface area contributed by atoms with E-state index in [1.54, 1.807) is 18.2 Å². The first-order chi connectivity index (χ1) is 6.18. The van der Waals surface area contributed by atoms with Crippen molar-refractivity contribution in [1.82, 2.24) is 10.2 Å².